The number of carbonyl (C=O) groups excluding carboxylic acids is 1. The zero-order chi connectivity index (χ0) is 13.3. The van der Waals surface area contributed by atoms with Crippen LogP contribution in [0.4, 0.5) is 4.79 Å². The van der Waals surface area contributed by atoms with Crippen molar-refractivity contribution < 1.29 is 22.7 Å². The van der Waals surface area contributed by atoms with Gasteiger partial charge < -0.3 is 9.47 Å². The third-order valence-corrected chi connectivity index (χ3v) is 2.40. The third-order valence-electron chi connectivity index (χ3n) is 1.38. The van der Waals surface area contributed by atoms with Crippen molar-refractivity contribution in [1.82, 2.24) is 9.44 Å². The highest BCUT2D eigenvalue weighted by molar-refractivity contribution is 7.88. The van der Waals surface area contributed by atoms with Gasteiger partial charge in [-0.25, -0.2) is 9.52 Å². The lowest BCUT2D eigenvalue weighted by Gasteiger charge is -2.08. The van der Waals surface area contributed by atoms with Crippen molar-refractivity contribution in [2.24, 2.45) is 0 Å². The molecule has 1 amide bonds. The van der Waals surface area contributed by atoms with Gasteiger partial charge in [-0.2, -0.15) is 13.1 Å². The van der Waals surface area contributed by atoms with Crippen LogP contribution in [0.3, 0.4) is 0 Å². The summed E-state index contributed by atoms with van der Waals surface area (Å²) in [6.45, 7) is 7.71. The molecule has 0 aliphatic carbocycles. The van der Waals surface area contributed by atoms with Gasteiger partial charge in [-0.1, -0.05) is 12.2 Å². The van der Waals surface area contributed by atoms with Crippen LogP contribution in [0.25, 0.3) is 0 Å². The highest BCUT2D eigenvalue weighted by atomic mass is 32.2. The second kappa shape index (κ2) is 8.04. The molecular weight excluding hydrogens is 248 g/mol. The summed E-state index contributed by atoms with van der Waals surface area (Å²) < 4.78 is 35.7. The highest BCUT2D eigenvalue weighted by Gasteiger charge is 2.13. The molecule has 0 unspecified atom stereocenters. The van der Waals surface area contributed by atoms with E-state index >= 15 is 0 Å². The van der Waals surface area contributed by atoms with Crippen molar-refractivity contribution in [3.05, 3.63) is 12.2 Å². The zero-order valence-electron chi connectivity index (χ0n) is 9.99. The summed E-state index contributed by atoms with van der Waals surface area (Å²) in [7, 11) is -3.88. The average Bonchev–Trinajstić information content (AvgIpc) is 2.15. The number of ether oxygens (including phenoxy) is 2. The molecule has 100 valence electrons. The standard InChI is InChI=1S/C9H18N2O5S/c1-4-16-9(12)11-17(13,14)10-5-6-15-7-8(2)3/h10H,2,4-7H2,1,3H3,(H,11,12). The molecule has 8 heteroatoms. The third kappa shape index (κ3) is 9.79. The quantitative estimate of drug-likeness (QED) is 0.482. The molecule has 0 atom stereocenters. The van der Waals surface area contributed by atoms with Crippen LogP contribution in [-0.4, -0.2) is 40.9 Å². The summed E-state index contributed by atoms with van der Waals surface area (Å²) in [6.07, 6.45) is -1.01. The van der Waals surface area contributed by atoms with Crippen LogP contribution in [0.5, 0.6) is 0 Å². The Hall–Kier alpha value is -1.12. The lowest BCUT2D eigenvalue weighted by molar-refractivity contribution is 0.157. The van der Waals surface area contributed by atoms with Crippen molar-refractivity contribution in [3.8, 4) is 0 Å². The Bertz CT molecular complexity index is 352. The molecule has 0 aromatic carbocycles. The normalized spacial score (nSPS) is 10.9. The van der Waals surface area contributed by atoms with Crippen molar-refractivity contribution in [2.75, 3.05) is 26.4 Å². The minimum absolute atomic E-state index is 0.0576. The first-order valence-corrected chi connectivity index (χ1v) is 6.52. The van der Waals surface area contributed by atoms with E-state index in [1.54, 1.807) is 18.6 Å². The molecule has 0 bridgehead atoms. The second-order valence-corrected chi connectivity index (χ2v) is 4.73. The minimum Gasteiger partial charge on any atom is -0.449 e. The second-order valence-electron chi connectivity index (χ2n) is 3.23. The van der Waals surface area contributed by atoms with Crippen LogP contribution in [-0.2, 0) is 19.7 Å². The van der Waals surface area contributed by atoms with Crippen molar-refractivity contribution in [2.45, 2.75) is 13.8 Å². The fourth-order valence-electron chi connectivity index (χ4n) is 0.801. The number of amides is 1. The molecule has 0 aromatic rings. The number of hydrogen-bond acceptors (Lipinski definition) is 5. The van der Waals surface area contributed by atoms with E-state index in [0.29, 0.717) is 6.61 Å². The fourth-order valence-corrected chi connectivity index (χ4v) is 1.50. The Labute approximate surface area is 101 Å². The molecule has 0 rings (SSSR count). The molecular formula is C9H18N2O5S. The molecule has 0 fully saturated rings. The smallest absolute Gasteiger partial charge is 0.421 e. The van der Waals surface area contributed by atoms with E-state index in [-0.39, 0.29) is 19.8 Å². The summed E-state index contributed by atoms with van der Waals surface area (Å²) in [5, 5.41) is 0. The first-order chi connectivity index (χ1) is 7.87. The first kappa shape index (κ1) is 15.9. The van der Waals surface area contributed by atoms with Gasteiger partial charge in [-0.3, -0.25) is 0 Å². The average molecular weight is 266 g/mol. The predicted octanol–water partition coefficient (Wildman–Crippen LogP) is 0.160. The fraction of sp³-hybridized carbons (Fsp3) is 0.667. The summed E-state index contributed by atoms with van der Waals surface area (Å²) >= 11 is 0. The van der Waals surface area contributed by atoms with Gasteiger partial charge in [0, 0.05) is 6.54 Å². The Morgan fingerprint density at radius 2 is 2.06 bits per heavy atom. The maximum absolute atomic E-state index is 11.2. The van der Waals surface area contributed by atoms with Gasteiger partial charge in [0.15, 0.2) is 0 Å². The zero-order valence-corrected chi connectivity index (χ0v) is 10.8. The molecule has 0 heterocycles. The van der Waals surface area contributed by atoms with Gasteiger partial charge in [-0.05, 0) is 13.8 Å². The number of rotatable bonds is 8. The Kier molecular flexibility index (Phi) is 7.51. The van der Waals surface area contributed by atoms with Crippen LogP contribution in [0, 0.1) is 0 Å². The summed E-state index contributed by atoms with van der Waals surface area (Å²) in [5.74, 6) is 0. The Morgan fingerprint density at radius 3 is 2.59 bits per heavy atom. The predicted molar refractivity (Wildman–Crippen MR) is 62.7 cm³/mol. The van der Waals surface area contributed by atoms with Crippen molar-refractivity contribution >= 4 is 16.3 Å². The van der Waals surface area contributed by atoms with Crippen LogP contribution in [0.1, 0.15) is 13.8 Å². The van der Waals surface area contributed by atoms with Crippen LogP contribution in [0.2, 0.25) is 0 Å². The molecule has 0 aliphatic heterocycles. The molecule has 0 aliphatic rings. The van der Waals surface area contributed by atoms with Gasteiger partial charge in [0.2, 0.25) is 0 Å². The lowest BCUT2D eigenvalue weighted by atomic mass is 10.4. The molecule has 0 spiro atoms. The van der Waals surface area contributed by atoms with Gasteiger partial charge in [0.25, 0.3) is 0 Å². The van der Waals surface area contributed by atoms with E-state index in [1.807, 2.05) is 0 Å². The molecule has 0 saturated carbocycles. The largest absolute Gasteiger partial charge is 0.449 e. The van der Waals surface area contributed by atoms with Crippen molar-refractivity contribution in [1.29, 1.82) is 0 Å². The lowest BCUT2D eigenvalue weighted by Crippen LogP contribution is -2.41. The monoisotopic (exact) mass is 266 g/mol. The maximum Gasteiger partial charge on any atom is 0.421 e. The van der Waals surface area contributed by atoms with E-state index < -0.39 is 16.3 Å². The van der Waals surface area contributed by atoms with Gasteiger partial charge in [0.05, 0.1) is 19.8 Å². The number of carbonyl (C=O) groups is 1. The molecule has 0 radical (unpaired) electrons. The Balaban J connectivity index is 3.79. The molecule has 0 saturated heterocycles. The SMILES string of the molecule is C=C(C)COCCNS(=O)(=O)NC(=O)OCC. The first-order valence-electron chi connectivity index (χ1n) is 5.03. The Morgan fingerprint density at radius 1 is 1.41 bits per heavy atom. The van der Waals surface area contributed by atoms with Gasteiger partial charge in [0.1, 0.15) is 0 Å². The van der Waals surface area contributed by atoms with E-state index in [2.05, 4.69) is 16.0 Å². The molecule has 17 heavy (non-hydrogen) atoms. The number of nitrogens with one attached hydrogen (secondary N) is 2. The summed E-state index contributed by atoms with van der Waals surface area (Å²) in [4.78, 5) is 10.8. The van der Waals surface area contributed by atoms with Crippen molar-refractivity contribution in [3.63, 3.8) is 0 Å². The summed E-state index contributed by atoms with van der Waals surface area (Å²) in [6, 6.07) is 0. The van der Waals surface area contributed by atoms with E-state index in [4.69, 9.17) is 4.74 Å². The molecule has 7 nitrogen and oxygen atoms in total. The molecule has 2 N–H and O–H groups in total. The van der Waals surface area contributed by atoms with E-state index in [0.717, 1.165) is 5.57 Å². The van der Waals surface area contributed by atoms with Gasteiger partial charge in [-0.15, -0.1) is 0 Å². The van der Waals surface area contributed by atoms with Crippen LogP contribution < -0.4 is 9.44 Å². The van der Waals surface area contributed by atoms with E-state index in [9.17, 15) is 13.2 Å². The maximum atomic E-state index is 11.2. The topological polar surface area (TPSA) is 93.7 Å². The van der Waals surface area contributed by atoms with Crippen LogP contribution >= 0.6 is 0 Å². The van der Waals surface area contributed by atoms with Gasteiger partial charge >= 0.3 is 16.3 Å². The highest BCUT2D eigenvalue weighted by Crippen LogP contribution is 1.87. The van der Waals surface area contributed by atoms with E-state index in [1.165, 1.54) is 0 Å². The summed E-state index contributed by atoms with van der Waals surface area (Å²) in [5.41, 5.74) is 0.845. The minimum atomic E-state index is -3.88. The van der Waals surface area contributed by atoms with Crippen LogP contribution in [0.15, 0.2) is 12.2 Å². The number of hydrogen-bond donors (Lipinski definition) is 2. The molecule has 0 aromatic heterocycles.